The Morgan fingerprint density at radius 3 is 2.77 bits per heavy atom. The average molecular weight is 311 g/mol. The lowest BCUT2D eigenvalue weighted by Crippen LogP contribution is -2.26. The van der Waals surface area contributed by atoms with Crippen LogP contribution in [0.1, 0.15) is 23.7 Å². The Morgan fingerprint density at radius 1 is 1.23 bits per heavy atom. The molecule has 3 rings (SSSR count). The molecule has 0 saturated carbocycles. The van der Waals surface area contributed by atoms with Gasteiger partial charge in [-0.15, -0.1) is 0 Å². The average Bonchev–Trinajstić information content (AvgIpc) is 3.25. The van der Waals surface area contributed by atoms with E-state index in [0.717, 1.165) is 11.3 Å². The van der Waals surface area contributed by atoms with Crippen LogP contribution in [0.15, 0.2) is 65.7 Å². The van der Waals surface area contributed by atoms with Crippen LogP contribution in [0.3, 0.4) is 0 Å². The van der Waals surface area contributed by atoms with Gasteiger partial charge in [0.25, 0.3) is 0 Å². The highest BCUT2D eigenvalue weighted by molar-refractivity contribution is 7.07. The number of hydrogen-bond donors (Lipinski definition) is 1. The molecule has 1 N–H and O–H groups in total. The first-order valence-electron chi connectivity index (χ1n) is 7.14. The third kappa shape index (κ3) is 3.62. The highest BCUT2D eigenvalue weighted by atomic mass is 32.1. The lowest BCUT2D eigenvalue weighted by molar-refractivity contribution is -0.121. The van der Waals surface area contributed by atoms with Crippen LogP contribution in [0.25, 0.3) is 0 Å². The monoisotopic (exact) mass is 311 g/mol. The quantitative estimate of drug-likeness (QED) is 0.759. The van der Waals surface area contributed by atoms with Crippen molar-refractivity contribution in [2.24, 2.45) is 0 Å². The van der Waals surface area contributed by atoms with Crippen molar-refractivity contribution >= 4 is 17.2 Å². The highest BCUT2D eigenvalue weighted by Gasteiger charge is 2.17. The number of amides is 1. The Labute approximate surface area is 133 Å². The van der Waals surface area contributed by atoms with Crippen LogP contribution in [0, 0.1) is 0 Å². The van der Waals surface area contributed by atoms with E-state index >= 15 is 0 Å². The Morgan fingerprint density at radius 2 is 2.09 bits per heavy atom. The minimum atomic E-state index is 0.0237. The number of hydrogen-bond acceptors (Lipinski definition) is 3. The smallest absolute Gasteiger partial charge is 0.222 e. The van der Waals surface area contributed by atoms with Crippen LogP contribution in [0.2, 0.25) is 0 Å². The summed E-state index contributed by atoms with van der Waals surface area (Å²) in [6.45, 7) is 0.460. The first-order chi connectivity index (χ1) is 10.8. The lowest BCUT2D eigenvalue weighted by atomic mass is 10.1. The van der Waals surface area contributed by atoms with E-state index in [9.17, 15) is 4.79 Å². The summed E-state index contributed by atoms with van der Waals surface area (Å²) in [7, 11) is 0. The summed E-state index contributed by atoms with van der Waals surface area (Å²) < 4.78 is 2.07. The highest BCUT2D eigenvalue weighted by Crippen LogP contribution is 2.24. The van der Waals surface area contributed by atoms with Gasteiger partial charge in [0, 0.05) is 18.6 Å². The molecule has 0 fully saturated rings. The summed E-state index contributed by atoms with van der Waals surface area (Å²) in [4.78, 5) is 16.5. The van der Waals surface area contributed by atoms with Gasteiger partial charge < -0.3 is 9.88 Å². The summed E-state index contributed by atoms with van der Waals surface area (Å²) in [5.74, 6) is 0.0237. The summed E-state index contributed by atoms with van der Waals surface area (Å²) >= 11 is 1.65. The second-order valence-corrected chi connectivity index (χ2v) is 5.78. The molecular weight excluding hydrogens is 294 g/mol. The zero-order valence-corrected chi connectivity index (χ0v) is 12.9. The number of pyridine rings is 1. The molecule has 3 aromatic heterocycles. The minimum absolute atomic E-state index is 0.0237. The molecule has 3 heterocycles. The zero-order valence-electron chi connectivity index (χ0n) is 12.1. The fraction of sp³-hybridized carbons (Fsp3) is 0.176. The fourth-order valence-corrected chi connectivity index (χ4v) is 3.06. The molecule has 112 valence electrons. The van der Waals surface area contributed by atoms with Crippen molar-refractivity contribution in [3.63, 3.8) is 0 Å². The predicted molar refractivity (Wildman–Crippen MR) is 87.6 cm³/mol. The van der Waals surface area contributed by atoms with Crippen LogP contribution in [-0.4, -0.2) is 15.5 Å². The van der Waals surface area contributed by atoms with Gasteiger partial charge in [0.1, 0.15) is 0 Å². The molecule has 4 nitrogen and oxygen atoms in total. The summed E-state index contributed by atoms with van der Waals surface area (Å²) in [6.07, 6.45) is 6.14. The lowest BCUT2D eigenvalue weighted by Gasteiger charge is -2.18. The van der Waals surface area contributed by atoms with Gasteiger partial charge in [-0.1, -0.05) is 6.07 Å². The Bertz CT molecular complexity index is 659. The molecule has 3 aromatic rings. The van der Waals surface area contributed by atoms with Crippen LogP contribution in [0.4, 0.5) is 0 Å². The van der Waals surface area contributed by atoms with Crippen molar-refractivity contribution in [3.05, 3.63) is 77.0 Å². The summed E-state index contributed by atoms with van der Waals surface area (Å²) in [6, 6.07) is 11.7. The van der Waals surface area contributed by atoms with Gasteiger partial charge >= 0.3 is 0 Å². The van der Waals surface area contributed by atoms with E-state index in [1.165, 1.54) is 0 Å². The van der Waals surface area contributed by atoms with Crippen LogP contribution in [0.5, 0.6) is 0 Å². The molecular formula is C17H17N3OS. The molecule has 0 aliphatic rings. The van der Waals surface area contributed by atoms with E-state index in [4.69, 9.17) is 0 Å². The summed E-state index contributed by atoms with van der Waals surface area (Å²) in [5, 5.41) is 7.08. The molecule has 22 heavy (non-hydrogen) atoms. The second-order valence-electron chi connectivity index (χ2n) is 5.00. The number of thiophene rings is 1. The topological polar surface area (TPSA) is 46.9 Å². The van der Waals surface area contributed by atoms with Crippen molar-refractivity contribution in [2.45, 2.75) is 19.0 Å². The van der Waals surface area contributed by atoms with Gasteiger partial charge in [0.2, 0.25) is 5.91 Å². The Kier molecular flexibility index (Phi) is 4.65. The number of rotatable bonds is 6. The molecule has 0 spiro atoms. The maximum atomic E-state index is 12.3. The number of carbonyl (C=O) groups is 1. The number of nitrogens with one attached hydrogen (secondary N) is 1. The third-order valence-corrected chi connectivity index (χ3v) is 4.19. The van der Waals surface area contributed by atoms with E-state index < -0.39 is 0 Å². The SMILES string of the molecule is O=C(C[C@@H](c1ccsc1)n1cccc1)NCc1ccccn1. The standard InChI is InChI=1S/C17H17N3OS/c21-17(19-12-15-5-1-2-7-18-15)11-16(14-6-10-22-13-14)20-8-3-4-9-20/h1-10,13,16H,11-12H2,(H,19,21)/t16-/m0/s1. The first kappa shape index (κ1) is 14.5. The third-order valence-electron chi connectivity index (χ3n) is 3.49. The van der Waals surface area contributed by atoms with Gasteiger partial charge in [-0.2, -0.15) is 11.3 Å². The van der Waals surface area contributed by atoms with Crippen molar-refractivity contribution in [3.8, 4) is 0 Å². The largest absolute Gasteiger partial charge is 0.350 e. The van der Waals surface area contributed by atoms with Gasteiger partial charge in [-0.05, 0) is 46.7 Å². The molecule has 1 atom stereocenters. The van der Waals surface area contributed by atoms with E-state index in [1.54, 1.807) is 17.5 Å². The van der Waals surface area contributed by atoms with Crippen molar-refractivity contribution < 1.29 is 4.79 Å². The van der Waals surface area contributed by atoms with Crippen LogP contribution < -0.4 is 5.32 Å². The zero-order chi connectivity index (χ0) is 15.2. The molecule has 0 aromatic carbocycles. The second kappa shape index (κ2) is 7.04. The van der Waals surface area contributed by atoms with E-state index in [0.29, 0.717) is 13.0 Å². The molecule has 0 aliphatic carbocycles. The minimum Gasteiger partial charge on any atom is -0.350 e. The maximum Gasteiger partial charge on any atom is 0.222 e. The van der Waals surface area contributed by atoms with Gasteiger partial charge in [0.05, 0.1) is 24.7 Å². The maximum absolute atomic E-state index is 12.3. The van der Waals surface area contributed by atoms with Crippen molar-refractivity contribution in [2.75, 3.05) is 0 Å². The molecule has 0 radical (unpaired) electrons. The van der Waals surface area contributed by atoms with E-state index in [-0.39, 0.29) is 11.9 Å². The molecule has 1 amide bonds. The molecule has 5 heteroatoms. The Balaban J connectivity index is 1.65. The van der Waals surface area contributed by atoms with Crippen LogP contribution in [-0.2, 0) is 11.3 Å². The van der Waals surface area contributed by atoms with Crippen molar-refractivity contribution in [1.82, 2.24) is 14.9 Å². The van der Waals surface area contributed by atoms with E-state index in [2.05, 4.69) is 26.3 Å². The number of nitrogens with zero attached hydrogens (tertiary/aromatic N) is 2. The Hall–Kier alpha value is -2.40. The number of aromatic nitrogens is 2. The fourth-order valence-electron chi connectivity index (χ4n) is 2.36. The molecule has 0 unspecified atom stereocenters. The van der Waals surface area contributed by atoms with Gasteiger partial charge in [-0.25, -0.2) is 0 Å². The van der Waals surface area contributed by atoms with Crippen molar-refractivity contribution in [1.29, 1.82) is 0 Å². The van der Waals surface area contributed by atoms with Gasteiger partial charge in [0.15, 0.2) is 0 Å². The van der Waals surface area contributed by atoms with E-state index in [1.807, 2.05) is 48.1 Å². The number of carbonyl (C=O) groups excluding carboxylic acids is 1. The van der Waals surface area contributed by atoms with Gasteiger partial charge in [-0.3, -0.25) is 9.78 Å². The molecule has 0 aliphatic heterocycles. The molecule has 0 bridgehead atoms. The van der Waals surface area contributed by atoms with Crippen LogP contribution >= 0.6 is 11.3 Å². The first-order valence-corrected chi connectivity index (χ1v) is 8.08. The predicted octanol–water partition coefficient (Wildman–Crippen LogP) is 3.24. The summed E-state index contributed by atoms with van der Waals surface area (Å²) in [5.41, 5.74) is 2.03. The molecule has 0 saturated heterocycles. The normalized spacial score (nSPS) is 12.0.